The SMILES string of the molecule is NC(=O)CCn1ccc(=O)[nH]c1=O. The first-order valence-corrected chi connectivity index (χ1v) is 3.67. The monoisotopic (exact) mass is 183 g/mol. The molecule has 0 spiro atoms. The molecule has 0 unspecified atom stereocenters. The predicted octanol–water partition coefficient (Wildman–Crippen LogP) is -1.59. The van der Waals surface area contributed by atoms with Crippen LogP contribution in [0.1, 0.15) is 6.42 Å². The molecule has 0 aliphatic heterocycles. The van der Waals surface area contributed by atoms with Gasteiger partial charge in [0.2, 0.25) is 5.91 Å². The fourth-order valence-corrected chi connectivity index (χ4v) is 0.851. The van der Waals surface area contributed by atoms with E-state index in [2.05, 4.69) is 4.98 Å². The molecule has 0 aliphatic rings. The summed E-state index contributed by atoms with van der Waals surface area (Å²) in [7, 11) is 0. The van der Waals surface area contributed by atoms with Crippen LogP contribution in [0.5, 0.6) is 0 Å². The smallest absolute Gasteiger partial charge is 0.328 e. The molecule has 1 amide bonds. The first-order chi connectivity index (χ1) is 6.09. The van der Waals surface area contributed by atoms with Crippen LogP contribution in [0.25, 0.3) is 0 Å². The van der Waals surface area contributed by atoms with E-state index < -0.39 is 17.2 Å². The molecule has 3 N–H and O–H groups in total. The van der Waals surface area contributed by atoms with Crippen molar-refractivity contribution >= 4 is 5.91 Å². The third-order valence-corrected chi connectivity index (χ3v) is 1.50. The number of rotatable bonds is 3. The van der Waals surface area contributed by atoms with E-state index in [0.717, 1.165) is 0 Å². The van der Waals surface area contributed by atoms with Gasteiger partial charge in [-0.1, -0.05) is 0 Å². The second kappa shape index (κ2) is 3.70. The van der Waals surface area contributed by atoms with Crippen LogP contribution in [0.4, 0.5) is 0 Å². The van der Waals surface area contributed by atoms with Gasteiger partial charge in [-0.15, -0.1) is 0 Å². The summed E-state index contributed by atoms with van der Waals surface area (Å²) in [5.41, 5.74) is 3.90. The highest BCUT2D eigenvalue weighted by Gasteiger charge is 1.98. The van der Waals surface area contributed by atoms with Gasteiger partial charge in [0.25, 0.3) is 5.56 Å². The first-order valence-electron chi connectivity index (χ1n) is 3.67. The molecule has 1 aromatic rings. The van der Waals surface area contributed by atoms with E-state index in [1.54, 1.807) is 0 Å². The van der Waals surface area contributed by atoms with E-state index >= 15 is 0 Å². The van der Waals surface area contributed by atoms with E-state index in [1.165, 1.54) is 16.8 Å². The van der Waals surface area contributed by atoms with Gasteiger partial charge >= 0.3 is 5.69 Å². The second-order valence-corrected chi connectivity index (χ2v) is 2.52. The fraction of sp³-hybridized carbons (Fsp3) is 0.286. The van der Waals surface area contributed by atoms with Crippen LogP contribution in [0, 0.1) is 0 Å². The Morgan fingerprint density at radius 1 is 1.54 bits per heavy atom. The molecule has 0 fully saturated rings. The van der Waals surface area contributed by atoms with Crippen molar-refractivity contribution < 1.29 is 4.79 Å². The maximum absolute atomic E-state index is 11.0. The van der Waals surface area contributed by atoms with Crippen LogP contribution < -0.4 is 17.0 Å². The number of nitrogens with zero attached hydrogens (tertiary/aromatic N) is 1. The summed E-state index contributed by atoms with van der Waals surface area (Å²) in [4.78, 5) is 34.1. The predicted molar refractivity (Wildman–Crippen MR) is 45.1 cm³/mol. The molecule has 0 radical (unpaired) electrons. The van der Waals surface area contributed by atoms with Crippen molar-refractivity contribution in [3.63, 3.8) is 0 Å². The largest absolute Gasteiger partial charge is 0.370 e. The fourth-order valence-electron chi connectivity index (χ4n) is 0.851. The Morgan fingerprint density at radius 2 is 2.23 bits per heavy atom. The molecule has 0 aromatic carbocycles. The topological polar surface area (TPSA) is 97.9 Å². The summed E-state index contributed by atoms with van der Waals surface area (Å²) in [5.74, 6) is -0.488. The molecular formula is C7H9N3O3. The molecule has 0 saturated heterocycles. The van der Waals surface area contributed by atoms with Crippen molar-refractivity contribution in [2.75, 3.05) is 0 Å². The number of aromatic nitrogens is 2. The lowest BCUT2D eigenvalue weighted by atomic mass is 10.4. The van der Waals surface area contributed by atoms with Crippen LogP contribution in [-0.2, 0) is 11.3 Å². The van der Waals surface area contributed by atoms with E-state index in [1.807, 2.05) is 0 Å². The minimum Gasteiger partial charge on any atom is -0.370 e. The van der Waals surface area contributed by atoms with Gasteiger partial charge < -0.3 is 10.3 Å². The highest BCUT2D eigenvalue weighted by atomic mass is 16.2. The number of aromatic amines is 1. The number of nitrogens with two attached hydrogens (primary N) is 1. The summed E-state index contributed by atoms with van der Waals surface area (Å²) in [5, 5.41) is 0. The van der Waals surface area contributed by atoms with Gasteiger partial charge in [0.1, 0.15) is 0 Å². The Bertz CT molecular complexity index is 417. The number of nitrogens with one attached hydrogen (secondary N) is 1. The molecule has 0 bridgehead atoms. The van der Waals surface area contributed by atoms with Crippen LogP contribution in [0.15, 0.2) is 21.9 Å². The Morgan fingerprint density at radius 3 is 2.77 bits per heavy atom. The average molecular weight is 183 g/mol. The lowest BCUT2D eigenvalue weighted by Gasteiger charge is -2.00. The Balaban J connectivity index is 2.84. The molecule has 1 heterocycles. The van der Waals surface area contributed by atoms with Crippen LogP contribution in [0.3, 0.4) is 0 Å². The maximum Gasteiger partial charge on any atom is 0.328 e. The van der Waals surface area contributed by atoms with Crippen molar-refractivity contribution in [3.8, 4) is 0 Å². The van der Waals surface area contributed by atoms with Gasteiger partial charge in [0.05, 0.1) is 0 Å². The molecule has 13 heavy (non-hydrogen) atoms. The third-order valence-electron chi connectivity index (χ3n) is 1.50. The first kappa shape index (κ1) is 9.24. The zero-order valence-corrected chi connectivity index (χ0v) is 6.82. The average Bonchev–Trinajstić information content (AvgIpc) is 2.02. The second-order valence-electron chi connectivity index (χ2n) is 2.52. The summed E-state index contributed by atoms with van der Waals surface area (Å²) in [6.07, 6.45) is 1.40. The van der Waals surface area contributed by atoms with Crippen molar-refractivity contribution in [1.29, 1.82) is 0 Å². The maximum atomic E-state index is 11.0. The highest BCUT2D eigenvalue weighted by Crippen LogP contribution is 1.82. The zero-order valence-electron chi connectivity index (χ0n) is 6.82. The molecule has 6 nitrogen and oxygen atoms in total. The van der Waals surface area contributed by atoms with Crippen LogP contribution >= 0.6 is 0 Å². The molecule has 0 atom stereocenters. The van der Waals surface area contributed by atoms with Gasteiger partial charge in [0.15, 0.2) is 0 Å². The number of aryl methyl sites for hydroxylation is 1. The number of amides is 1. The Hall–Kier alpha value is -1.85. The molecule has 0 saturated carbocycles. The lowest BCUT2D eigenvalue weighted by Crippen LogP contribution is -2.29. The van der Waals surface area contributed by atoms with Crippen LogP contribution in [0.2, 0.25) is 0 Å². The number of carbonyl (C=O) groups is 1. The van der Waals surface area contributed by atoms with Crippen LogP contribution in [-0.4, -0.2) is 15.5 Å². The third kappa shape index (κ3) is 2.58. The van der Waals surface area contributed by atoms with Gasteiger partial charge in [-0.2, -0.15) is 0 Å². The lowest BCUT2D eigenvalue weighted by molar-refractivity contribution is -0.118. The summed E-state index contributed by atoms with van der Waals surface area (Å²) < 4.78 is 1.21. The molecule has 70 valence electrons. The molecule has 1 aromatic heterocycles. The standard InChI is InChI=1S/C7H9N3O3/c8-5(11)1-3-10-4-2-6(12)9-7(10)13/h2,4H,1,3H2,(H2,8,11)(H,9,12,13). The zero-order chi connectivity index (χ0) is 9.84. The van der Waals surface area contributed by atoms with Gasteiger partial charge in [-0.05, 0) is 0 Å². The van der Waals surface area contributed by atoms with Gasteiger partial charge in [0, 0.05) is 25.2 Å². The summed E-state index contributed by atoms with van der Waals surface area (Å²) >= 11 is 0. The molecule has 1 rings (SSSR count). The number of H-pyrrole nitrogens is 1. The normalized spacial score (nSPS) is 9.85. The van der Waals surface area contributed by atoms with Crippen molar-refractivity contribution in [3.05, 3.63) is 33.1 Å². The Labute approximate surface area is 73.0 Å². The van der Waals surface area contributed by atoms with Crippen molar-refractivity contribution in [2.45, 2.75) is 13.0 Å². The quantitative estimate of drug-likeness (QED) is 0.591. The summed E-state index contributed by atoms with van der Waals surface area (Å²) in [6.45, 7) is 0.185. The number of hydrogen-bond acceptors (Lipinski definition) is 3. The number of carbonyl (C=O) groups excluding carboxylic acids is 1. The molecular weight excluding hydrogens is 174 g/mol. The highest BCUT2D eigenvalue weighted by molar-refractivity contribution is 5.73. The number of hydrogen-bond donors (Lipinski definition) is 2. The minimum atomic E-state index is -0.534. The molecule has 0 aliphatic carbocycles. The van der Waals surface area contributed by atoms with E-state index in [-0.39, 0.29) is 13.0 Å². The minimum absolute atomic E-state index is 0.0753. The van der Waals surface area contributed by atoms with Crippen molar-refractivity contribution in [1.82, 2.24) is 9.55 Å². The van der Waals surface area contributed by atoms with Gasteiger partial charge in [-0.25, -0.2) is 4.79 Å². The van der Waals surface area contributed by atoms with E-state index in [0.29, 0.717) is 0 Å². The van der Waals surface area contributed by atoms with Crippen molar-refractivity contribution in [2.24, 2.45) is 5.73 Å². The van der Waals surface area contributed by atoms with E-state index in [9.17, 15) is 14.4 Å². The molecule has 6 heteroatoms. The summed E-state index contributed by atoms with van der Waals surface area (Å²) in [6, 6.07) is 1.21. The van der Waals surface area contributed by atoms with Gasteiger partial charge in [-0.3, -0.25) is 14.6 Å². The Kier molecular flexibility index (Phi) is 2.63. The van der Waals surface area contributed by atoms with E-state index in [4.69, 9.17) is 5.73 Å². The number of primary amides is 1.